The van der Waals surface area contributed by atoms with E-state index in [9.17, 15) is 14.7 Å². The number of carbonyl (C=O) groups is 2. The molecule has 1 aliphatic heterocycles. The third kappa shape index (κ3) is 6.24. The summed E-state index contributed by atoms with van der Waals surface area (Å²) < 4.78 is 17.2. The minimum Gasteiger partial charge on any atom is -0.507 e. The molecule has 1 aliphatic rings. The van der Waals surface area contributed by atoms with Crippen molar-refractivity contribution < 1.29 is 28.9 Å². The van der Waals surface area contributed by atoms with E-state index in [1.54, 1.807) is 19.2 Å². The number of aliphatic hydroxyl groups is 1. The Morgan fingerprint density at radius 1 is 0.976 bits per heavy atom. The van der Waals surface area contributed by atoms with Gasteiger partial charge in [0.1, 0.15) is 23.0 Å². The lowest BCUT2D eigenvalue weighted by molar-refractivity contribution is -0.140. The van der Waals surface area contributed by atoms with Gasteiger partial charge in [0.2, 0.25) is 0 Å². The SMILES string of the molecule is CCOc1ccc(/C(O)=C2/C(=O)C(=O)N(Cc3ccccc3OC)C2c2ccc(OC(C)C)cc2)cc1C(C)(C)C. The van der Waals surface area contributed by atoms with Crippen molar-refractivity contribution in [1.29, 1.82) is 0 Å². The van der Waals surface area contributed by atoms with Crippen LogP contribution in [0, 0.1) is 0 Å². The maximum absolute atomic E-state index is 13.6. The Morgan fingerprint density at radius 3 is 2.27 bits per heavy atom. The summed E-state index contributed by atoms with van der Waals surface area (Å²) in [4.78, 5) is 28.7. The minimum absolute atomic E-state index is 0.00583. The van der Waals surface area contributed by atoms with Crippen molar-refractivity contribution in [2.75, 3.05) is 13.7 Å². The van der Waals surface area contributed by atoms with Crippen LogP contribution in [0.1, 0.15) is 69.8 Å². The topological polar surface area (TPSA) is 85.3 Å². The van der Waals surface area contributed by atoms with Crippen LogP contribution in [-0.2, 0) is 21.5 Å². The van der Waals surface area contributed by atoms with Crippen molar-refractivity contribution in [3.8, 4) is 17.2 Å². The molecule has 1 unspecified atom stereocenters. The van der Waals surface area contributed by atoms with Crippen LogP contribution in [0.4, 0.5) is 0 Å². The predicted molar refractivity (Wildman–Crippen MR) is 159 cm³/mol. The third-order valence-electron chi connectivity index (χ3n) is 7.00. The van der Waals surface area contributed by atoms with Gasteiger partial charge in [-0.15, -0.1) is 0 Å². The zero-order chi connectivity index (χ0) is 29.9. The molecule has 1 N–H and O–H groups in total. The number of likely N-dealkylation sites (tertiary alicyclic amines) is 1. The molecule has 1 amide bonds. The standard InChI is InChI=1S/C34H39NO6/c1-8-40-28-18-15-23(19-26(28)34(4,5)6)31(36)29-30(22-13-16-25(17-14-22)41-21(2)3)35(33(38)32(29)37)20-24-11-9-10-12-27(24)39-7/h9-19,21,30,36H,8,20H2,1-7H3/b31-29-. The Morgan fingerprint density at radius 2 is 1.66 bits per heavy atom. The first-order chi connectivity index (χ1) is 19.5. The van der Waals surface area contributed by atoms with Crippen molar-refractivity contribution >= 4 is 17.4 Å². The highest BCUT2D eigenvalue weighted by molar-refractivity contribution is 6.46. The van der Waals surface area contributed by atoms with Crippen molar-refractivity contribution in [2.45, 2.75) is 65.6 Å². The fraction of sp³-hybridized carbons (Fsp3) is 0.353. The van der Waals surface area contributed by atoms with Gasteiger partial charge in [0.05, 0.1) is 38.0 Å². The van der Waals surface area contributed by atoms with E-state index in [0.717, 1.165) is 11.1 Å². The quantitative estimate of drug-likeness (QED) is 0.177. The van der Waals surface area contributed by atoms with E-state index in [2.05, 4.69) is 20.8 Å². The number of hydrogen-bond acceptors (Lipinski definition) is 6. The number of aliphatic hydroxyl groups excluding tert-OH is 1. The maximum atomic E-state index is 13.6. The van der Waals surface area contributed by atoms with Gasteiger partial charge in [0, 0.05) is 16.7 Å². The van der Waals surface area contributed by atoms with E-state index in [-0.39, 0.29) is 29.4 Å². The number of ketones is 1. The molecule has 0 saturated carbocycles. The van der Waals surface area contributed by atoms with Gasteiger partial charge in [-0.05, 0) is 68.1 Å². The van der Waals surface area contributed by atoms with E-state index < -0.39 is 17.7 Å². The van der Waals surface area contributed by atoms with Gasteiger partial charge in [-0.2, -0.15) is 0 Å². The fourth-order valence-corrected chi connectivity index (χ4v) is 5.11. The molecular formula is C34H39NO6. The van der Waals surface area contributed by atoms with Gasteiger partial charge in [-0.1, -0.05) is 51.1 Å². The lowest BCUT2D eigenvalue weighted by Crippen LogP contribution is -2.29. The van der Waals surface area contributed by atoms with E-state index >= 15 is 0 Å². The summed E-state index contributed by atoms with van der Waals surface area (Å²) in [6, 6.07) is 19.2. The highest BCUT2D eigenvalue weighted by Crippen LogP contribution is 2.42. The van der Waals surface area contributed by atoms with Crippen LogP contribution >= 0.6 is 0 Å². The molecule has 7 nitrogen and oxygen atoms in total. The largest absolute Gasteiger partial charge is 0.507 e. The number of hydrogen-bond donors (Lipinski definition) is 1. The van der Waals surface area contributed by atoms with Crippen LogP contribution < -0.4 is 14.2 Å². The molecule has 3 aromatic rings. The summed E-state index contributed by atoms with van der Waals surface area (Å²) in [6.07, 6.45) is -0.00583. The lowest BCUT2D eigenvalue weighted by Gasteiger charge is -2.27. The molecule has 3 aromatic carbocycles. The van der Waals surface area contributed by atoms with Crippen LogP contribution in [0.2, 0.25) is 0 Å². The zero-order valence-electron chi connectivity index (χ0n) is 24.9. The Hall–Kier alpha value is -4.26. The first-order valence-electron chi connectivity index (χ1n) is 13.9. The van der Waals surface area contributed by atoms with Crippen molar-refractivity contribution in [1.82, 2.24) is 4.90 Å². The van der Waals surface area contributed by atoms with Crippen molar-refractivity contribution in [2.24, 2.45) is 0 Å². The molecule has 1 atom stereocenters. The second kappa shape index (κ2) is 12.1. The molecule has 7 heteroatoms. The number of ether oxygens (including phenoxy) is 3. The molecule has 1 heterocycles. The van der Waals surface area contributed by atoms with Crippen molar-refractivity contribution in [3.05, 3.63) is 94.6 Å². The van der Waals surface area contributed by atoms with Gasteiger partial charge in [0.15, 0.2) is 0 Å². The maximum Gasteiger partial charge on any atom is 0.295 e. The number of carbonyl (C=O) groups excluding carboxylic acids is 2. The summed E-state index contributed by atoms with van der Waals surface area (Å²) in [5.41, 5.74) is 2.50. The molecular weight excluding hydrogens is 518 g/mol. The summed E-state index contributed by atoms with van der Waals surface area (Å²) in [6.45, 7) is 12.6. The van der Waals surface area contributed by atoms with Crippen LogP contribution in [0.15, 0.2) is 72.3 Å². The first-order valence-corrected chi connectivity index (χ1v) is 13.9. The van der Waals surface area contributed by atoms with Gasteiger partial charge < -0.3 is 24.2 Å². The molecule has 0 spiro atoms. The summed E-state index contributed by atoms with van der Waals surface area (Å²) in [5.74, 6) is 0.336. The molecule has 41 heavy (non-hydrogen) atoms. The number of methoxy groups -OCH3 is 1. The van der Waals surface area contributed by atoms with E-state index in [1.807, 2.05) is 75.4 Å². The zero-order valence-corrected chi connectivity index (χ0v) is 24.9. The summed E-state index contributed by atoms with van der Waals surface area (Å²) in [5, 5.41) is 11.7. The number of rotatable bonds is 9. The highest BCUT2D eigenvalue weighted by Gasteiger charge is 2.46. The number of Topliss-reactive ketones (excluding diaryl/α,β-unsaturated/α-hetero) is 1. The van der Waals surface area contributed by atoms with Crippen molar-refractivity contribution in [3.63, 3.8) is 0 Å². The minimum atomic E-state index is -0.822. The summed E-state index contributed by atoms with van der Waals surface area (Å²) in [7, 11) is 1.57. The van der Waals surface area contributed by atoms with Crippen LogP contribution in [0.5, 0.6) is 17.2 Å². The highest BCUT2D eigenvalue weighted by atomic mass is 16.5. The molecule has 0 bridgehead atoms. The first kappa shape index (κ1) is 29.7. The molecule has 0 aliphatic carbocycles. The monoisotopic (exact) mass is 557 g/mol. The molecule has 1 fully saturated rings. The third-order valence-corrected chi connectivity index (χ3v) is 7.00. The number of para-hydroxylation sites is 1. The Balaban J connectivity index is 1.88. The Kier molecular flexibility index (Phi) is 8.76. The fourth-order valence-electron chi connectivity index (χ4n) is 5.11. The number of nitrogens with zero attached hydrogens (tertiary/aromatic N) is 1. The van der Waals surface area contributed by atoms with E-state index in [4.69, 9.17) is 14.2 Å². The van der Waals surface area contributed by atoms with Gasteiger partial charge >= 0.3 is 0 Å². The smallest absolute Gasteiger partial charge is 0.295 e. The normalized spacial score (nSPS) is 16.8. The van der Waals surface area contributed by atoms with Gasteiger partial charge in [-0.25, -0.2) is 0 Å². The van der Waals surface area contributed by atoms with Crippen LogP contribution in [-0.4, -0.2) is 41.5 Å². The number of benzene rings is 3. The second-order valence-electron chi connectivity index (χ2n) is 11.4. The molecule has 0 radical (unpaired) electrons. The van der Waals surface area contributed by atoms with Crippen LogP contribution in [0.3, 0.4) is 0 Å². The van der Waals surface area contributed by atoms with Gasteiger partial charge in [0.25, 0.3) is 11.7 Å². The molecule has 216 valence electrons. The Labute approximate surface area is 242 Å². The lowest BCUT2D eigenvalue weighted by atomic mass is 9.84. The Bertz CT molecular complexity index is 1450. The van der Waals surface area contributed by atoms with Gasteiger partial charge in [-0.3, -0.25) is 9.59 Å². The van der Waals surface area contributed by atoms with E-state index in [1.165, 1.54) is 4.90 Å². The summed E-state index contributed by atoms with van der Waals surface area (Å²) >= 11 is 0. The average Bonchev–Trinajstić information content (AvgIpc) is 3.18. The molecule has 4 rings (SSSR count). The molecule has 1 saturated heterocycles. The predicted octanol–water partition coefficient (Wildman–Crippen LogP) is 6.80. The van der Waals surface area contributed by atoms with E-state index in [0.29, 0.717) is 35.0 Å². The number of amides is 1. The molecule has 0 aromatic heterocycles. The average molecular weight is 558 g/mol. The second-order valence-corrected chi connectivity index (χ2v) is 11.4. The van der Waals surface area contributed by atoms with Crippen LogP contribution in [0.25, 0.3) is 5.76 Å².